The lowest BCUT2D eigenvalue weighted by Gasteiger charge is -2.21. The van der Waals surface area contributed by atoms with Gasteiger partial charge in [0.05, 0.1) is 17.2 Å². The van der Waals surface area contributed by atoms with Crippen LogP contribution in [0.1, 0.15) is 23.6 Å². The van der Waals surface area contributed by atoms with Gasteiger partial charge in [0.15, 0.2) is 6.10 Å². The lowest BCUT2D eigenvalue weighted by molar-refractivity contribution is -0.143. The van der Waals surface area contributed by atoms with E-state index in [0.717, 1.165) is 4.90 Å². The van der Waals surface area contributed by atoms with Crippen LogP contribution in [-0.4, -0.2) is 28.5 Å². The number of carbonyl (C=O) groups is 1. The van der Waals surface area contributed by atoms with Gasteiger partial charge in [-0.25, -0.2) is 4.79 Å². The predicted molar refractivity (Wildman–Crippen MR) is 75.4 cm³/mol. The Morgan fingerprint density at radius 2 is 1.62 bits per heavy atom. The van der Waals surface area contributed by atoms with E-state index in [4.69, 9.17) is 4.74 Å². The van der Waals surface area contributed by atoms with Gasteiger partial charge in [0.2, 0.25) is 0 Å². The number of cyclic esters (lactones) is 1. The molecule has 0 bridgehead atoms. The molecule has 24 heavy (non-hydrogen) atoms. The fraction of sp³-hybridized carbons (Fsp3) is 0.429. The van der Waals surface area contributed by atoms with Gasteiger partial charge < -0.3 is 4.74 Å². The number of rotatable bonds is 3. The van der Waals surface area contributed by atoms with Gasteiger partial charge in [-0.1, -0.05) is 12.2 Å². The minimum absolute atomic E-state index is 0.0368. The molecule has 1 amide bonds. The Bertz CT molecular complexity index is 625. The van der Waals surface area contributed by atoms with Gasteiger partial charge in [-0.2, -0.15) is 26.3 Å². The average Bonchev–Trinajstić information content (AvgIpc) is 2.72. The van der Waals surface area contributed by atoms with Crippen LogP contribution in [0.5, 0.6) is 0 Å². The number of carbonyl (C=O) groups excluding carboxylic acids is 1. The van der Waals surface area contributed by atoms with Crippen LogP contribution in [0.2, 0.25) is 0 Å². The van der Waals surface area contributed by atoms with E-state index in [2.05, 4.69) is 12.2 Å². The van der Waals surface area contributed by atoms with Gasteiger partial charge in [-0.3, -0.25) is 4.90 Å². The van der Waals surface area contributed by atoms with Gasteiger partial charge in [-0.15, -0.1) is 0 Å². The number of ether oxygens (including phenoxy) is 1. The lowest BCUT2D eigenvalue weighted by Crippen LogP contribution is -2.34. The quantitative estimate of drug-likeness (QED) is 0.581. The van der Waals surface area contributed by atoms with Crippen molar-refractivity contribution in [3.63, 3.8) is 0 Å². The fourth-order valence-corrected chi connectivity index (χ4v) is 2.57. The Labute approximate surface area is 138 Å². The largest absolute Gasteiger partial charge is 0.439 e. The Hall–Kier alpha value is -1.84. The van der Waals surface area contributed by atoms with Crippen LogP contribution in [0, 0.1) is 0 Å². The summed E-state index contributed by atoms with van der Waals surface area (Å²) in [5.41, 5.74) is -3.16. The molecule has 2 atom stereocenters. The molecule has 3 nitrogen and oxygen atoms in total. The molecule has 0 aliphatic carbocycles. The Balaban J connectivity index is 2.40. The molecular weight excluding hydrogens is 360 g/mol. The van der Waals surface area contributed by atoms with Crippen LogP contribution >= 0.6 is 12.2 Å². The standard InChI is InChI=1S/C14H11F6NO2S/c1-7-11(6-24)23-12(22)21(7)5-8-2-9(13(15,16)17)4-10(3-8)14(18,19)20/h2-4,6-7,11H,5H2,1H3/t7-,11-/m1/s1. The van der Waals surface area contributed by atoms with E-state index >= 15 is 0 Å². The molecule has 10 heteroatoms. The maximum absolute atomic E-state index is 12.8. The first-order valence-electron chi connectivity index (χ1n) is 6.64. The number of hydrogen-bond acceptors (Lipinski definition) is 3. The predicted octanol–water partition coefficient (Wildman–Crippen LogP) is 4.43. The number of halogens is 6. The molecule has 0 radical (unpaired) electrons. The van der Waals surface area contributed by atoms with Crippen molar-refractivity contribution in [2.75, 3.05) is 0 Å². The number of thiocarbonyl (C=S) groups is 1. The summed E-state index contributed by atoms with van der Waals surface area (Å²) in [5.74, 6) is 0. The molecule has 1 aromatic carbocycles. The monoisotopic (exact) mass is 371 g/mol. The Kier molecular flexibility index (Phi) is 4.80. The normalized spacial score (nSPS) is 21.8. The summed E-state index contributed by atoms with van der Waals surface area (Å²) in [6.45, 7) is 1.09. The summed E-state index contributed by atoms with van der Waals surface area (Å²) in [7, 11) is 0. The van der Waals surface area contributed by atoms with Crippen molar-refractivity contribution in [1.29, 1.82) is 0 Å². The molecule has 1 aliphatic rings. The fourth-order valence-electron chi connectivity index (χ4n) is 2.28. The zero-order valence-corrected chi connectivity index (χ0v) is 12.9. The van der Waals surface area contributed by atoms with E-state index in [0.29, 0.717) is 12.1 Å². The van der Waals surface area contributed by atoms with Crippen molar-refractivity contribution < 1.29 is 35.9 Å². The van der Waals surface area contributed by atoms with Crippen LogP contribution in [0.3, 0.4) is 0 Å². The number of alkyl halides is 6. The van der Waals surface area contributed by atoms with E-state index < -0.39 is 48.3 Å². The van der Waals surface area contributed by atoms with Gasteiger partial charge in [0.1, 0.15) is 0 Å². The number of hydrogen-bond donors (Lipinski definition) is 0. The number of benzene rings is 1. The third-order valence-corrected chi connectivity index (χ3v) is 3.84. The minimum atomic E-state index is -4.94. The molecule has 1 saturated heterocycles. The molecule has 0 N–H and O–H groups in total. The summed E-state index contributed by atoms with van der Waals surface area (Å²) in [5, 5.41) is 1.18. The second kappa shape index (κ2) is 6.23. The van der Waals surface area contributed by atoms with Crippen LogP contribution in [0.15, 0.2) is 18.2 Å². The highest BCUT2D eigenvalue weighted by atomic mass is 32.1. The van der Waals surface area contributed by atoms with Gasteiger partial charge in [0.25, 0.3) is 0 Å². The van der Waals surface area contributed by atoms with Crippen LogP contribution < -0.4 is 0 Å². The van der Waals surface area contributed by atoms with Crippen molar-refractivity contribution in [2.24, 2.45) is 0 Å². The summed E-state index contributed by atoms with van der Waals surface area (Å²) in [4.78, 5) is 12.7. The van der Waals surface area contributed by atoms with E-state index in [1.807, 2.05) is 0 Å². The summed E-state index contributed by atoms with van der Waals surface area (Å²) >= 11 is 4.67. The molecule has 132 valence electrons. The zero-order chi connectivity index (χ0) is 18.3. The van der Waals surface area contributed by atoms with E-state index in [1.54, 1.807) is 0 Å². The first-order chi connectivity index (χ1) is 10.9. The second-order valence-electron chi connectivity index (χ2n) is 5.27. The summed E-state index contributed by atoms with van der Waals surface area (Å²) in [6, 6.07) is 0.605. The number of amides is 1. The van der Waals surface area contributed by atoms with E-state index in [9.17, 15) is 31.1 Å². The minimum Gasteiger partial charge on any atom is -0.439 e. The first kappa shape index (κ1) is 18.5. The van der Waals surface area contributed by atoms with E-state index in [1.165, 1.54) is 12.3 Å². The van der Waals surface area contributed by atoms with Crippen molar-refractivity contribution in [1.82, 2.24) is 4.90 Å². The average molecular weight is 371 g/mol. The van der Waals surface area contributed by atoms with Crippen LogP contribution in [0.25, 0.3) is 0 Å². The van der Waals surface area contributed by atoms with Gasteiger partial charge >= 0.3 is 18.4 Å². The highest BCUT2D eigenvalue weighted by molar-refractivity contribution is 7.79. The SMILES string of the molecule is C[C@@H]1[C@@H](C=S)OC(=O)N1Cc1cc(C(F)(F)F)cc(C(F)(F)F)c1. The zero-order valence-electron chi connectivity index (χ0n) is 12.1. The van der Waals surface area contributed by atoms with E-state index in [-0.39, 0.29) is 11.6 Å². The molecular formula is C14H11F6NO2S. The van der Waals surface area contributed by atoms with Crippen molar-refractivity contribution >= 4 is 23.7 Å². The van der Waals surface area contributed by atoms with Gasteiger partial charge in [0, 0.05) is 11.9 Å². The second-order valence-corrected chi connectivity index (χ2v) is 5.54. The molecule has 1 aliphatic heterocycles. The molecule has 1 fully saturated rings. The maximum atomic E-state index is 12.8. The van der Waals surface area contributed by atoms with Crippen LogP contribution in [-0.2, 0) is 23.6 Å². The Morgan fingerprint density at radius 3 is 2.00 bits per heavy atom. The van der Waals surface area contributed by atoms with Crippen molar-refractivity contribution in [3.05, 3.63) is 34.9 Å². The highest BCUT2D eigenvalue weighted by Crippen LogP contribution is 2.37. The number of nitrogens with zero attached hydrogens (tertiary/aromatic N) is 1. The van der Waals surface area contributed by atoms with Crippen LogP contribution in [0.4, 0.5) is 31.1 Å². The first-order valence-corrected chi connectivity index (χ1v) is 7.11. The van der Waals surface area contributed by atoms with Crippen molar-refractivity contribution in [2.45, 2.75) is 38.0 Å². The summed E-state index contributed by atoms with van der Waals surface area (Å²) in [6.07, 6.45) is -11.5. The third-order valence-electron chi connectivity index (χ3n) is 3.57. The topological polar surface area (TPSA) is 29.5 Å². The van der Waals surface area contributed by atoms with Crippen molar-refractivity contribution in [3.8, 4) is 0 Å². The molecule has 0 unspecified atom stereocenters. The molecule has 2 rings (SSSR count). The molecule has 1 heterocycles. The summed E-state index contributed by atoms with van der Waals surface area (Å²) < 4.78 is 81.9. The maximum Gasteiger partial charge on any atom is 0.416 e. The molecule has 0 saturated carbocycles. The lowest BCUT2D eigenvalue weighted by atomic mass is 10.0. The molecule has 0 spiro atoms. The third kappa shape index (κ3) is 3.80. The highest BCUT2D eigenvalue weighted by Gasteiger charge is 2.40. The molecule has 0 aromatic heterocycles. The molecule has 1 aromatic rings. The Morgan fingerprint density at radius 1 is 1.12 bits per heavy atom. The smallest absolute Gasteiger partial charge is 0.416 e. The van der Waals surface area contributed by atoms with Gasteiger partial charge in [-0.05, 0) is 30.7 Å².